The van der Waals surface area contributed by atoms with Crippen molar-refractivity contribution in [2.24, 2.45) is 0 Å². The van der Waals surface area contributed by atoms with Crippen LogP contribution in [0.2, 0.25) is 5.02 Å². The third-order valence-electron chi connectivity index (χ3n) is 4.23. The Bertz CT molecular complexity index is 704. The summed E-state index contributed by atoms with van der Waals surface area (Å²) in [5.74, 6) is 1.63. The van der Waals surface area contributed by atoms with Gasteiger partial charge in [0.1, 0.15) is 0 Å². The van der Waals surface area contributed by atoms with Gasteiger partial charge in [-0.15, -0.1) is 0 Å². The quantitative estimate of drug-likeness (QED) is 0.782. The van der Waals surface area contributed by atoms with E-state index in [2.05, 4.69) is 15.5 Å². The van der Waals surface area contributed by atoms with Crippen molar-refractivity contribution in [3.63, 3.8) is 0 Å². The number of methoxy groups -OCH3 is 1. The predicted octanol–water partition coefficient (Wildman–Crippen LogP) is 2.17. The monoisotopic (exact) mass is 381 g/mol. The number of nitrogens with one attached hydrogen (secondary N) is 2. The van der Waals surface area contributed by atoms with Crippen LogP contribution in [-0.2, 0) is 9.53 Å². The van der Waals surface area contributed by atoms with E-state index in [1.165, 1.54) is 7.11 Å². The molecule has 0 unspecified atom stereocenters. The number of carbonyl (C=O) groups excluding carboxylic acids is 2. The average Bonchev–Trinajstić information content (AvgIpc) is 2.61. The molecule has 0 spiro atoms. The van der Waals surface area contributed by atoms with Crippen LogP contribution in [0.4, 0.5) is 4.79 Å². The smallest absolute Gasteiger partial charge is 0.338 e. The molecule has 0 aromatic heterocycles. The molecule has 3 rings (SSSR count). The fourth-order valence-corrected chi connectivity index (χ4v) is 4.19. The van der Waals surface area contributed by atoms with Crippen LogP contribution in [0.5, 0.6) is 0 Å². The molecule has 2 N–H and O–H groups in total. The Morgan fingerprint density at radius 3 is 2.84 bits per heavy atom. The van der Waals surface area contributed by atoms with Crippen LogP contribution in [-0.4, -0.2) is 55.2 Å². The number of amides is 2. The molecule has 1 aromatic carbocycles. The van der Waals surface area contributed by atoms with Gasteiger partial charge in [-0.25, -0.2) is 9.59 Å². The molecule has 0 radical (unpaired) electrons. The van der Waals surface area contributed by atoms with Crippen molar-refractivity contribution in [1.29, 1.82) is 0 Å². The molecule has 2 amide bonds. The molecule has 2 aliphatic heterocycles. The minimum atomic E-state index is -0.589. The summed E-state index contributed by atoms with van der Waals surface area (Å²) in [5, 5.41) is 6.14. The molecule has 134 valence electrons. The van der Waals surface area contributed by atoms with Gasteiger partial charge in [-0.3, -0.25) is 4.90 Å². The molecule has 1 saturated heterocycles. The van der Waals surface area contributed by atoms with Gasteiger partial charge < -0.3 is 15.4 Å². The van der Waals surface area contributed by atoms with E-state index < -0.39 is 12.0 Å². The van der Waals surface area contributed by atoms with Crippen LogP contribution >= 0.6 is 23.4 Å². The second-order valence-electron chi connectivity index (χ2n) is 5.86. The number of nitrogens with zero attached hydrogens (tertiary/aromatic N) is 1. The summed E-state index contributed by atoms with van der Waals surface area (Å²) in [6.07, 6.45) is 0. The lowest BCUT2D eigenvalue weighted by Gasteiger charge is -2.33. The highest BCUT2D eigenvalue weighted by molar-refractivity contribution is 7.99. The van der Waals surface area contributed by atoms with Crippen molar-refractivity contribution in [2.45, 2.75) is 6.04 Å². The second kappa shape index (κ2) is 8.12. The Morgan fingerprint density at radius 1 is 1.40 bits per heavy atom. The van der Waals surface area contributed by atoms with Gasteiger partial charge in [-0.05, 0) is 17.7 Å². The van der Waals surface area contributed by atoms with Gasteiger partial charge >= 0.3 is 12.0 Å². The van der Waals surface area contributed by atoms with Crippen molar-refractivity contribution in [3.05, 3.63) is 46.1 Å². The summed E-state index contributed by atoms with van der Waals surface area (Å²) in [6.45, 7) is 2.36. The lowest BCUT2D eigenvalue weighted by atomic mass is 9.95. The average molecular weight is 382 g/mol. The number of hydrogen-bond donors (Lipinski definition) is 2. The topological polar surface area (TPSA) is 70.7 Å². The van der Waals surface area contributed by atoms with Crippen molar-refractivity contribution < 1.29 is 14.3 Å². The molecule has 2 heterocycles. The Balaban J connectivity index is 1.98. The molecule has 1 atom stereocenters. The highest BCUT2D eigenvalue weighted by Crippen LogP contribution is 2.29. The highest BCUT2D eigenvalue weighted by atomic mass is 35.5. The number of thioether (sulfide) groups is 1. The molecule has 25 heavy (non-hydrogen) atoms. The second-order valence-corrected chi connectivity index (χ2v) is 7.52. The molecular formula is C17H20ClN3O3S. The Kier molecular flexibility index (Phi) is 5.88. The maximum absolute atomic E-state index is 12.5. The normalized spacial score (nSPS) is 21.5. The number of halogens is 1. The highest BCUT2D eigenvalue weighted by Gasteiger charge is 2.34. The van der Waals surface area contributed by atoms with E-state index in [0.717, 1.165) is 30.2 Å². The van der Waals surface area contributed by atoms with E-state index in [0.29, 0.717) is 22.8 Å². The molecule has 6 nitrogen and oxygen atoms in total. The van der Waals surface area contributed by atoms with Gasteiger partial charge in [-0.2, -0.15) is 11.8 Å². The number of hydrogen-bond acceptors (Lipinski definition) is 5. The minimum Gasteiger partial charge on any atom is -0.466 e. The number of esters is 1. The number of urea groups is 1. The van der Waals surface area contributed by atoms with Gasteiger partial charge in [0.15, 0.2) is 0 Å². The van der Waals surface area contributed by atoms with E-state index in [-0.39, 0.29) is 6.03 Å². The Morgan fingerprint density at radius 2 is 2.16 bits per heavy atom. The molecule has 1 aromatic rings. The molecular weight excluding hydrogens is 362 g/mol. The third-order valence-corrected chi connectivity index (χ3v) is 5.40. The van der Waals surface area contributed by atoms with E-state index in [1.54, 1.807) is 18.2 Å². The Labute approximate surface area is 155 Å². The summed E-state index contributed by atoms with van der Waals surface area (Å²) < 4.78 is 4.98. The van der Waals surface area contributed by atoms with Crippen molar-refractivity contribution in [2.75, 3.05) is 38.2 Å². The van der Waals surface area contributed by atoms with Crippen LogP contribution in [0.1, 0.15) is 11.6 Å². The first-order valence-electron chi connectivity index (χ1n) is 8.03. The molecule has 0 saturated carbocycles. The first-order chi connectivity index (χ1) is 12.1. The number of ether oxygens (including phenoxy) is 1. The summed E-state index contributed by atoms with van der Waals surface area (Å²) in [5.41, 5.74) is 1.75. The van der Waals surface area contributed by atoms with Crippen LogP contribution in [0, 0.1) is 0 Å². The fourth-order valence-electron chi connectivity index (χ4n) is 3.01. The summed E-state index contributed by atoms with van der Waals surface area (Å²) in [6, 6.07) is 6.20. The van der Waals surface area contributed by atoms with Crippen LogP contribution in [0.3, 0.4) is 0 Å². The lowest BCUT2D eigenvalue weighted by molar-refractivity contribution is -0.136. The zero-order valence-corrected chi connectivity index (χ0v) is 15.5. The first kappa shape index (κ1) is 18.1. The lowest BCUT2D eigenvalue weighted by Crippen LogP contribution is -2.49. The van der Waals surface area contributed by atoms with Crippen LogP contribution in [0.25, 0.3) is 0 Å². The fraction of sp³-hybridized carbons (Fsp3) is 0.412. The largest absolute Gasteiger partial charge is 0.466 e. The standard InChI is InChI=1S/C17H20ClN3O3S/c1-24-16(22)14-13(10-21-5-7-25-8-6-21)19-17(23)20-15(14)11-3-2-4-12(18)9-11/h2-4,9,15H,5-8,10H2,1H3,(H2,19,20,23)/t15-/m1/s1. The van der Waals surface area contributed by atoms with Gasteiger partial charge in [0.05, 0.1) is 18.7 Å². The van der Waals surface area contributed by atoms with E-state index in [9.17, 15) is 9.59 Å². The van der Waals surface area contributed by atoms with Gasteiger partial charge in [-0.1, -0.05) is 23.7 Å². The number of carbonyl (C=O) groups is 2. The van der Waals surface area contributed by atoms with E-state index in [1.807, 2.05) is 17.8 Å². The van der Waals surface area contributed by atoms with E-state index in [4.69, 9.17) is 16.3 Å². The zero-order chi connectivity index (χ0) is 17.8. The van der Waals surface area contributed by atoms with Gasteiger partial charge in [0.2, 0.25) is 0 Å². The predicted molar refractivity (Wildman–Crippen MR) is 98.7 cm³/mol. The van der Waals surface area contributed by atoms with Crippen molar-refractivity contribution >= 4 is 35.4 Å². The van der Waals surface area contributed by atoms with Crippen molar-refractivity contribution in [3.8, 4) is 0 Å². The summed E-state index contributed by atoms with van der Waals surface area (Å²) in [7, 11) is 1.34. The Hall–Kier alpha value is -1.70. The molecule has 0 aliphatic carbocycles. The maximum Gasteiger partial charge on any atom is 0.338 e. The van der Waals surface area contributed by atoms with Gasteiger partial charge in [0, 0.05) is 41.9 Å². The van der Waals surface area contributed by atoms with Gasteiger partial charge in [0.25, 0.3) is 0 Å². The molecule has 0 bridgehead atoms. The van der Waals surface area contributed by atoms with E-state index >= 15 is 0 Å². The summed E-state index contributed by atoms with van der Waals surface area (Å²) >= 11 is 7.99. The third kappa shape index (κ3) is 4.29. The summed E-state index contributed by atoms with van der Waals surface area (Å²) in [4.78, 5) is 26.9. The number of rotatable bonds is 4. The van der Waals surface area contributed by atoms with Crippen LogP contribution in [0.15, 0.2) is 35.5 Å². The first-order valence-corrected chi connectivity index (χ1v) is 9.56. The maximum atomic E-state index is 12.5. The molecule has 8 heteroatoms. The number of benzene rings is 1. The molecule has 2 aliphatic rings. The van der Waals surface area contributed by atoms with Crippen molar-refractivity contribution in [1.82, 2.24) is 15.5 Å². The SMILES string of the molecule is COC(=O)C1=C(CN2CCSCC2)NC(=O)N[C@@H]1c1cccc(Cl)c1. The minimum absolute atomic E-state index is 0.334. The van der Waals surface area contributed by atoms with Crippen LogP contribution < -0.4 is 10.6 Å². The zero-order valence-electron chi connectivity index (χ0n) is 13.9. The molecule has 1 fully saturated rings.